The Labute approximate surface area is 168 Å². The summed E-state index contributed by atoms with van der Waals surface area (Å²) in [6, 6.07) is 6.85. The lowest BCUT2D eigenvalue weighted by Gasteiger charge is -2.06. The maximum atomic E-state index is 11.8. The molecule has 0 aliphatic heterocycles. The van der Waals surface area contributed by atoms with Crippen molar-refractivity contribution in [3.8, 4) is 5.75 Å². The molecule has 0 N–H and O–H groups in total. The average molecular weight is 397 g/mol. The van der Waals surface area contributed by atoms with Crippen molar-refractivity contribution in [2.75, 3.05) is 6.61 Å². The molecule has 0 radical (unpaired) electrons. The summed E-state index contributed by atoms with van der Waals surface area (Å²) < 4.78 is 10.5. The van der Waals surface area contributed by atoms with Gasteiger partial charge >= 0.3 is 11.9 Å². The van der Waals surface area contributed by atoms with E-state index < -0.39 is 0 Å². The number of carbonyl (C=O) groups excluding carboxylic acids is 2. The molecule has 0 amide bonds. The van der Waals surface area contributed by atoms with E-state index in [1.165, 1.54) is 0 Å². The van der Waals surface area contributed by atoms with Crippen molar-refractivity contribution in [1.29, 1.82) is 0 Å². The molecule has 0 saturated heterocycles. The number of hydrogen-bond donors (Lipinski definition) is 0. The number of ether oxygens (including phenoxy) is 2. The lowest BCUT2D eigenvalue weighted by molar-refractivity contribution is -0.144. The highest BCUT2D eigenvalue weighted by Gasteiger charge is 2.06. The highest BCUT2D eigenvalue weighted by atomic mass is 35.5. The van der Waals surface area contributed by atoms with Gasteiger partial charge in [0.15, 0.2) is 0 Å². The second-order valence-corrected chi connectivity index (χ2v) is 7.75. The molecule has 1 aromatic carbocycles. The first-order chi connectivity index (χ1) is 13.0. The molecule has 0 fully saturated rings. The molecule has 0 unspecified atom stereocenters. The summed E-state index contributed by atoms with van der Waals surface area (Å²) in [5.41, 5.74) is 0. The van der Waals surface area contributed by atoms with Gasteiger partial charge in [-0.05, 0) is 49.8 Å². The Morgan fingerprint density at radius 2 is 1.56 bits per heavy atom. The minimum atomic E-state index is -0.225. The Balaban J connectivity index is 1.92. The number of unbranched alkanes of at least 4 members (excludes halogenated alkanes) is 5. The number of hydrogen-bond acceptors (Lipinski definition) is 4. The fourth-order valence-corrected chi connectivity index (χ4v) is 2.89. The van der Waals surface area contributed by atoms with Crippen molar-refractivity contribution in [3.05, 3.63) is 29.3 Å². The first kappa shape index (κ1) is 23.5. The molecule has 0 aliphatic rings. The molecule has 0 aromatic heterocycles. The molecule has 27 heavy (non-hydrogen) atoms. The Morgan fingerprint density at radius 3 is 2.19 bits per heavy atom. The fraction of sp³-hybridized carbons (Fsp3) is 0.636. The number of benzene rings is 1. The number of esters is 2. The van der Waals surface area contributed by atoms with Gasteiger partial charge in [-0.1, -0.05) is 57.2 Å². The van der Waals surface area contributed by atoms with Crippen LogP contribution < -0.4 is 4.74 Å². The summed E-state index contributed by atoms with van der Waals surface area (Å²) in [6.07, 6.45) is 8.80. The van der Waals surface area contributed by atoms with Crippen LogP contribution in [0.5, 0.6) is 5.75 Å². The Morgan fingerprint density at radius 1 is 0.926 bits per heavy atom. The molecule has 1 rings (SSSR count). The van der Waals surface area contributed by atoms with Gasteiger partial charge in [-0.25, -0.2) is 0 Å². The van der Waals surface area contributed by atoms with E-state index in [9.17, 15) is 9.59 Å². The predicted molar refractivity (Wildman–Crippen MR) is 109 cm³/mol. The normalized spacial score (nSPS) is 10.8. The van der Waals surface area contributed by atoms with Gasteiger partial charge in [0.2, 0.25) is 0 Å². The van der Waals surface area contributed by atoms with E-state index in [-0.39, 0.29) is 11.9 Å². The molecule has 4 nitrogen and oxygen atoms in total. The molecular weight excluding hydrogens is 364 g/mol. The molecule has 0 heterocycles. The molecule has 0 atom stereocenters. The Kier molecular flexibility index (Phi) is 12.6. The summed E-state index contributed by atoms with van der Waals surface area (Å²) >= 11 is 5.86. The molecular formula is C22H33ClO4. The van der Waals surface area contributed by atoms with Gasteiger partial charge in [0, 0.05) is 17.9 Å². The van der Waals surface area contributed by atoms with E-state index in [0.29, 0.717) is 36.1 Å². The third-order valence-corrected chi connectivity index (χ3v) is 4.46. The maximum Gasteiger partial charge on any atom is 0.311 e. The molecule has 5 heteroatoms. The highest BCUT2D eigenvalue weighted by molar-refractivity contribution is 6.30. The summed E-state index contributed by atoms with van der Waals surface area (Å²) in [5.74, 6) is 0.839. The minimum absolute atomic E-state index is 0.0810. The topological polar surface area (TPSA) is 52.6 Å². The molecule has 0 aliphatic carbocycles. The van der Waals surface area contributed by atoms with Crippen LogP contribution in [0.1, 0.15) is 78.1 Å². The van der Waals surface area contributed by atoms with Crippen molar-refractivity contribution >= 4 is 23.5 Å². The largest absolute Gasteiger partial charge is 0.466 e. The standard InChI is InChI=1S/C22H33ClO4/c1-18(2)11-10-16-26-21(24)14-7-5-3-4-6-8-15-22(25)27-20-13-9-12-19(23)17-20/h9,12-13,17-18H,3-8,10-11,14-16H2,1-2H3. The zero-order chi connectivity index (χ0) is 19.9. The van der Waals surface area contributed by atoms with E-state index in [1.54, 1.807) is 24.3 Å². The van der Waals surface area contributed by atoms with Crippen molar-refractivity contribution in [3.63, 3.8) is 0 Å². The van der Waals surface area contributed by atoms with Crippen LogP contribution in [-0.2, 0) is 14.3 Å². The van der Waals surface area contributed by atoms with E-state index >= 15 is 0 Å². The Bertz CT molecular complexity index is 557. The fourth-order valence-electron chi connectivity index (χ4n) is 2.71. The lowest BCUT2D eigenvalue weighted by Crippen LogP contribution is -2.07. The monoisotopic (exact) mass is 396 g/mol. The summed E-state index contributed by atoms with van der Waals surface area (Å²) in [6.45, 7) is 4.89. The second-order valence-electron chi connectivity index (χ2n) is 7.31. The van der Waals surface area contributed by atoms with E-state index in [2.05, 4.69) is 13.8 Å². The van der Waals surface area contributed by atoms with Crippen molar-refractivity contribution in [2.24, 2.45) is 5.92 Å². The van der Waals surface area contributed by atoms with Gasteiger partial charge in [0.1, 0.15) is 5.75 Å². The van der Waals surface area contributed by atoms with Crippen LogP contribution in [0.15, 0.2) is 24.3 Å². The van der Waals surface area contributed by atoms with Gasteiger partial charge < -0.3 is 9.47 Å². The molecule has 0 spiro atoms. The van der Waals surface area contributed by atoms with Crippen molar-refractivity contribution in [2.45, 2.75) is 78.1 Å². The molecule has 1 aromatic rings. The van der Waals surface area contributed by atoms with E-state index in [0.717, 1.165) is 51.4 Å². The van der Waals surface area contributed by atoms with Crippen LogP contribution >= 0.6 is 11.6 Å². The van der Waals surface area contributed by atoms with Crippen LogP contribution in [0, 0.1) is 5.92 Å². The van der Waals surface area contributed by atoms with Crippen LogP contribution in [0.25, 0.3) is 0 Å². The summed E-state index contributed by atoms with van der Waals surface area (Å²) in [5, 5.41) is 0.555. The average Bonchev–Trinajstić information content (AvgIpc) is 2.61. The van der Waals surface area contributed by atoms with Crippen LogP contribution in [0.3, 0.4) is 0 Å². The van der Waals surface area contributed by atoms with Crippen molar-refractivity contribution in [1.82, 2.24) is 0 Å². The maximum absolute atomic E-state index is 11.8. The molecule has 0 saturated carbocycles. The highest BCUT2D eigenvalue weighted by Crippen LogP contribution is 2.18. The Hall–Kier alpha value is -1.55. The number of halogens is 1. The number of carbonyl (C=O) groups is 2. The van der Waals surface area contributed by atoms with Gasteiger partial charge in [0.25, 0.3) is 0 Å². The van der Waals surface area contributed by atoms with Crippen LogP contribution in [0.4, 0.5) is 0 Å². The third kappa shape index (κ3) is 13.3. The summed E-state index contributed by atoms with van der Waals surface area (Å²) in [4.78, 5) is 23.3. The quantitative estimate of drug-likeness (QED) is 0.209. The second kappa shape index (κ2) is 14.5. The first-order valence-corrected chi connectivity index (χ1v) is 10.5. The predicted octanol–water partition coefficient (Wildman–Crippen LogP) is 6.35. The summed E-state index contributed by atoms with van der Waals surface area (Å²) in [7, 11) is 0. The van der Waals surface area contributed by atoms with E-state index in [4.69, 9.17) is 21.1 Å². The van der Waals surface area contributed by atoms with Crippen LogP contribution in [0.2, 0.25) is 5.02 Å². The lowest BCUT2D eigenvalue weighted by atomic mass is 10.1. The van der Waals surface area contributed by atoms with Gasteiger partial charge in [0.05, 0.1) is 6.61 Å². The third-order valence-electron chi connectivity index (χ3n) is 4.23. The minimum Gasteiger partial charge on any atom is -0.466 e. The zero-order valence-electron chi connectivity index (χ0n) is 16.7. The SMILES string of the molecule is CC(C)CCCOC(=O)CCCCCCCCC(=O)Oc1cccc(Cl)c1. The van der Waals surface area contributed by atoms with Gasteiger partial charge in [-0.15, -0.1) is 0 Å². The van der Waals surface area contributed by atoms with Gasteiger partial charge in [-0.2, -0.15) is 0 Å². The van der Waals surface area contributed by atoms with Gasteiger partial charge in [-0.3, -0.25) is 9.59 Å². The van der Waals surface area contributed by atoms with Crippen LogP contribution in [-0.4, -0.2) is 18.5 Å². The smallest absolute Gasteiger partial charge is 0.311 e. The van der Waals surface area contributed by atoms with E-state index in [1.807, 2.05) is 0 Å². The first-order valence-electron chi connectivity index (χ1n) is 10.1. The zero-order valence-corrected chi connectivity index (χ0v) is 17.4. The van der Waals surface area contributed by atoms with Crippen molar-refractivity contribution < 1.29 is 19.1 Å². The molecule has 152 valence electrons. The molecule has 0 bridgehead atoms. The number of rotatable bonds is 14.